The topological polar surface area (TPSA) is 39.6 Å². The Morgan fingerprint density at radius 1 is 1.26 bits per heavy atom. The van der Waals surface area contributed by atoms with Crippen molar-refractivity contribution in [1.29, 1.82) is 0 Å². The summed E-state index contributed by atoms with van der Waals surface area (Å²) in [6.45, 7) is 0.663. The molecule has 23 heavy (non-hydrogen) atoms. The summed E-state index contributed by atoms with van der Waals surface area (Å²) in [6, 6.07) is 9.60. The number of hydrogen-bond donors (Lipinski definition) is 1. The van der Waals surface area contributed by atoms with Crippen LogP contribution in [0.15, 0.2) is 45.6 Å². The Hall–Kier alpha value is -1.82. The van der Waals surface area contributed by atoms with Crippen LogP contribution in [-0.2, 0) is 13.2 Å². The molecule has 0 aliphatic heterocycles. The number of benzene rings is 2. The van der Waals surface area contributed by atoms with Crippen LogP contribution in [-0.4, -0.2) is 11.6 Å². The fraction of sp³-hybridized carbons (Fsp3) is 0.188. The van der Waals surface area contributed by atoms with E-state index in [1.807, 2.05) is 7.05 Å². The van der Waals surface area contributed by atoms with Gasteiger partial charge in [-0.2, -0.15) is 0 Å². The molecule has 1 aromatic heterocycles. The maximum absolute atomic E-state index is 13.9. The molecule has 4 nitrogen and oxygen atoms in total. The average molecular weight is 356 g/mol. The number of nitrogens with one attached hydrogen (secondary N) is 1. The van der Waals surface area contributed by atoms with E-state index in [9.17, 15) is 9.18 Å². The van der Waals surface area contributed by atoms with Gasteiger partial charge >= 0.3 is 5.76 Å². The van der Waals surface area contributed by atoms with Crippen molar-refractivity contribution >= 4 is 34.3 Å². The van der Waals surface area contributed by atoms with Crippen molar-refractivity contribution in [1.82, 2.24) is 4.57 Å². The minimum absolute atomic E-state index is 0.318. The Balaban J connectivity index is 1.87. The third kappa shape index (κ3) is 3.27. The Morgan fingerprint density at radius 3 is 2.78 bits per heavy atom. The van der Waals surface area contributed by atoms with Crippen molar-refractivity contribution in [3.05, 3.63) is 68.4 Å². The lowest BCUT2D eigenvalue weighted by Crippen LogP contribution is -3.07. The van der Waals surface area contributed by atoms with Crippen LogP contribution < -0.4 is 10.7 Å². The zero-order chi connectivity index (χ0) is 16.6. The summed E-state index contributed by atoms with van der Waals surface area (Å²) in [4.78, 5) is 12.9. The predicted octanol–water partition coefficient (Wildman–Crippen LogP) is 2.71. The second kappa shape index (κ2) is 6.35. The van der Waals surface area contributed by atoms with Gasteiger partial charge in [0.25, 0.3) is 0 Å². The quantitative estimate of drug-likeness (QED) is 0.781. The smallest absolute Gasteiger partial charge is 0.408 e. The maximum atomic E-state index is 13.9. The second-order valence-electron chi connectivity index (χ2n) is 5.40. The Labute approximate surface area is 141 Å². The first-order chi connectivity index (χ1) is 11.0. The molecule has 1 atom stereocenters. The molecule has 0 amide bonds. The minimum Gasteiger partial charge on any atom is -0.408 e. The fourth-order valence-corrected chi connectivity index (χ4v) is 2.91. The van der Waals surface area contributed by atoms with Crippen LogP contribution in [0.2, 0.25) is 10.0 Å². The van der Waals surface area contributed by atoms with Crippen molar-refractivity contribution in [2.75, 3.05) is 7.05 Å². The van der Waals surface area contributed by atoms with E-state index in [-0.39, 0.29) is 5.82 Å². The first-order valence-electron chi connectivity index (χ1n) is 6.99. The van der Waals surface area contributed by atoms with Gasteiger partial charge in [-0.05, 0) is 24.3 Å². The van der Waals surface area contributed by atoms with E-state index in [0.717, 1.165) is 4.90 Å². The molecular formula is C16H14Cl2FN2O2+. The Morgan fingerprint density at radius 2 is 2.04 bits per heavy atom. The van der Waals surface area contributed by atoms with Gasteiger partial charge in [0.1, 0.15) is 12.4 Å². The monoisotopic (exact) mass is 355 g/mol. The molecule has 2 aromatic carbocycles. The summed E-state index contributed by atoms with van der Waals surface area (Å²) in [5.74, 6) is -0.825. The summed E-state index contributed by atoms with van der Waals surface area (Å²) in [5, 5.41) is 0.873. The number of fused-ring (bicyclic) bond motifs is 1. The van der Waals surface area contributed by atoms with E-state index in [1.54, 1.807) is 30.3 Å². The van der Waals surface area contributed by atoms with Crippen LogP contribution >= 0.6 is 23.2 Å². The number of quaternary nitrogens is 1. The fourth-order valence-electron chi connectivity index (χ4n) is 2.52. The molecule has 0 aliphatic rings. The highest BCUT2D eigenvalue weighted by molar-refractivity contribution is 6.31. The Kier molecular flexibility index (Phi) is 4.43. The van der Waals surface area contributed by atoms with E-state index in [1.165, 1.54) is 10.6 Å². The van der Waals surface area contributed by atoms with Crippen molar-refractivity contribution < 1.29 is 13.7 Å². The van der Waals surface area contributed by atoms with Crippen molar-refractivity contribution in [2.45, 2.75) is 13.2 Å². The largest absolute Gasteiger partial charge is 0.424 e. The maximum Gasteiger partial charge on any atom is 0.424 e. The van der Waals surface area contributed by atoms with Gasteiger partial charge in [0.05, 0.1) is 23.2 Å². The first kappa shape index (κ1) is 16.1. The van der Waals surface area contributed by atoms with Crippen molar-refractivity contribution in [3.63, 3.8) is 0 Å². The molecule has 0 fully saturated rings. The highest BCUT2D eigenvalue weighted by atomic mass is 35.5. The number of oxazole rings is 1. The molecule has 0 saturated heterocycles. The number of hydrogen-bond acceptors (Lipinski definition) is 2. The number of nitrogens with zero attached hydrogens (tertiary/aromatic N) is 1. The molecule has 3 rings (SSSR count). The lowest BCUT2D eigenvalue weighted by Gasteiger charge is -2.15. The van der Waals surface area contributed by atoms with Crippen LogP contribution in [0, 0.1) is 5.82 Å². The van der Waals surface area contributed by atoms with Crippen LogP contribution in [0.1, 0.15) is 5.56 Å². The van der Waals surface area contributed by atoms with Gasteiger partial charge in [0.15, 0.2) is 12.3 Å². The van der Waals surface area contributed by atoms with Crippen LogP contribution in [0.5, 0.6) is 0 Å². The molecule has 1 N–H and O–H groups in total. The second-order valence-corrected chi connectivity index (χ2v) is 6.24. The molecular weight excluding hydrogens is 342 g/mol. The van der Waals surface area contributed by atoms with Crippen molar-refractivity contribution in [2.24, 2.45) is 0 Å². The normalized spacial score (nSPS) is 12.7. The highest BCUT2D eigenvalue weighted by Crippen LogP contribution is 2.19. The number of rotatable bonds is 4. The molecule has 0 spiro atoms. The van der Waals surface area contributed by atoms with Crippen molar-refractivity contribution in [3.8, 4) is 0 Å². The molecule has 3 aromatic rings. The van der Waals surface area contributed by atoms with Crippen LogP contribution in [0.3, 0.4) is 0 Å². The zero-order valence-electron chi connectivity index (χ0n) is 12.3. The van der Waals surface area contributed by atoms with Gasteiger partial charge in [-0.3, -0.25) is 0 Å². The minimum atomic E-state index is -0.471. The third-order valence-corrected chi connectivity index (χ3v) is 4.19. The lowest BCUT2D eigenvalue weighted by molar-refractivity contribution is -0.916. The van der Waals surface area contributed by atoms with Crippen LogP contribution in [0.25, 0.3) is 11.1 Å². The summed E-state index contributed by atoms with van der Waals surface area (Å²) < 4.78 is 20.6. The van der Waals surface area contributed by atoms with E-state index in [2.05, 4.69) is 0 Å². The SMILES string of the molecule is C[NH+](Cc1c(F)cccc1Cl)Cn1c(=O)oc2cc(Cl)ccc21. The first-order valence-corrected chi connectivity index (χ1v) is 7.74. The van der Waals surface area contributed by atoms with E-state index in [0.29, 0.717) is 39.9 Å². The lowest BCUT2D eigenvalue weighted by atomic mass is 10.2. The third-order valence-electron chi connectivity index (χ3n) is 3.60. The van der Waals surface area contributed by atoms with Crippen LogP contribution in [0.4, 0.5) is 4.39 Å². The van der Waals surface area contributed by atoms with E-state index in [4.69, 9.17) is 27.6 Å². The standard InChI is InChI=1S/C16H13Cl2FN2O2/c1-20(8-11-12(18)3-2-4-13(11)19)9-21-14-6-5-10(17)7-15(14)23-16(21)22/h2-7H,8-9H2,1H3/p+1. The molecule has 0 radical (unpaired) electrons. The highest BCUT2D eigenvalue weighted by Gasteiger charge is 2.16. The van der Waals surface area contributed by atoms with Gasteiger partial charge in [-0.25, -0.2) is 13.8 Å². The van der Waals surface area contributed by atoms with E-state index >= 15 is 0 Å². The van der Waals surface area contributed by atoms with Gasteiger partial charge in [0.2, 0.25) is 0 Å². The summed E-state index contributed by atoms with van der Waals surface area (Å²) in [6.07, 6.45) is 0. The summed E-state index contributed by atoms with van der Waals surface area (Å²) >= 11 is 11.9. The zero-order valence-corrected chi connectivity index (χ0v) is 13.8. The Bertz CT molecular complexity index is 900. The molecule has 1 unspecified atom stereocenters. The molecule has 0 aliphatic carbocycles. The molecule has 0 bridgehead atoms. The van der Waals surface area contributed by atoms with Gasteiger partial charge in [-0.15, -0.1) is 0 Å². The van der Waals surface area contributed by atoms with E-state index < -0.39 is 5.76 Å². The average Bonchev–Trinajstić information content (AvgIpc) is 2.78. The van der Waals surface area contributed by atoms with Gasteiger partial charge < -0.3 is 9.32 Å². The number of halogens is 3. The predicted molar refractivity (Wildman–Crippen MR) is 87.5 cm³/mol. The van der Waals surface area contributed by atoms with Gasteiger partial charge in [-0.1, -0.05) is 29.3 Å². The molecule has 0 saturated carbocycles. The molecule has 7 heteroatoms. The van der Waals surface area contributed by atoms with Gasteiger partial charge in [0, 0.05) is 11.1 Å². The molecule has 120 valence electrons. The molecule has 1 heterocycles. The summed E-state index contributed by atoms with van der Waals surface area (Å²) in [7, 11) is 1.85. The summed E-state index contributed by atoms with van der Waals surface area (Å²) in [5.41, 5.74) is 1.51. The number of aromatic nitrogens is 1.